The van der Waals surface area contributed by atoms with Gasteiger partial charge in [-0.25, -0.2) is 0 Å². The topological polar surface area (TPSA) is 72.3 Å². The molecule has 8 heteroatoms. The molecular weight excluding hydrogens is 398 g/mol. The molecule has 164 valence electrons. The zero-order chi connectivity index (χ0) is 21.5. The number of amides is 1. The highest BCUT2D eigenvalue weighted by atomic mass is 32.2. The predicted molar refractivity (Wildman–Crippen MR) is 121 cm³/mol. The Balaban J connectivity index is 1.53. The number of nitrogens with zero attached hydrogens (tertiary/aromatic N) is 4. The average Bonchev–Trinajstić information content (AvgIpc) is 3.16. The number of benzene rings is 1. The zero-order valence-electron chi connectivity index (χ0n) is 18.4. The van der Waals surface area contributed by atoms with E-state index in [4.69, 9.17) is 4.74 Å². The van der Waals surface area contributed by atoms with Crippen molar-refractivity contribution < 1.29 is 9.53 Å². The number of hydrogen-bond donors (Lipinski definition) is 1. The first-order valence-corrected chi connectivity index (χ1v) is 11.7. The minimum absolute atomic E-state index is 0.00247. The molecule has 1 amide bonds. The van der Waals surface area contributed by atoms with Crippen molar-refractivity contribution in [2.24, 2.45) is 5.92 Å². The van der Waals surface area contributed by atoms with E-state index >= 15 is 0 Å². The second-order valence-corrected chi connectivity index (χ2v) is 8.99. The van der Waals surface area contributed by atoms with Crippen LogP contribution in [0.15, 0.2) is 29.4 Å². The van der Waals surface area contributed by atoms with Crippen molar-refractivity contribution in [2.45, 2.75) is 51.9 Å². The summed E-state index contributed by atoms with van der Waals surface area (Å²) < 4.78 is 7.49. The van der Waals surface area contributed by atoms with Gasteiger partial charge in [0, 0.05) is 19.6 Å². The van der Waals surface area contributed by atoms with Crippen molar-refractivity contribution in [3.05, 3.63) is 35.4 Å². The van der Waals surface area contributed by atoms with Crippen LogP contribution in [0.3, 0.4) is 0 Å². The molecule has 3 rings (SSSR count). The third kappa shape index (κ3) is 5.98. The van der Waals surface area contributed by atoms with E-state index in [2.05, 4.69) is 70.0 Å². The summed E-state index contributed by atoms with van der Waals surface area (Å²) in [6.45, 7) is 12.3. The molecule has 0 unspecified atom stereocenters. The van der Waals surface area contributed by atoms with Gasteiger partial charge in [-0.2, -0.15) is 0 Å². The monoisotopic (exact) mass is 431 g/mol. The molecule has 1 aromatic heterocycles. The standard InChI is InChI=1S/C22H33N5O2S/c1-5-27-21(26-10-12-29-13-11-26)24-25-22(27)30-15-20(28)23-17(4)19-8-6-18(7-9-19)14-16(2)3/h6-9,16-17H,5,10-15H2,1-4H3,(H,23,28)/t17-/m1/s1. The van der Waals surface area contributed by atoms with Gasteiger partial charge in [0.1, 0.15) is 0 Å². The lowest BCUT2D eigenvalue weighted by Crippen LogP contribution is -2.38. The molecular formula is C22H33N5O2S. The number of hydrogen-bond acceptors (Lipinski definition) is 6. The first kappa shape index (κ1) is 22.6. The summed E-state index contributed by atoms with van der Waals surface area (Å²) in [7, 11) is 0. The van der Waals surface area contributed by atoms with Gasteiger partial charge in [-0.15, -0.1) is 10.2 Å². The Morgan fingerprint density at radius 1 is 1.17 bits per heavy atom. The number of nitrogens with one attached hydrogen (secondary N) is 1. The molecule has 1 fully saturated rings. The zero-order valence-corrected chi connectivity index (χ0v) is 19.2. The molecule has 30 heavy (non-hydrogen) atoms. The van der Waals surface area contributed by atoms with Crippen molar-refractivity contribution in [1.82, 2.24) is 20.1 Å². The van der Waals surface area contributed by atoms with E-state index in [0.29, 0.717) is 24.9 Å². The second kappa shape index (κ2) is 10.8. The van der Waals surface area contributed by atoms with Crippen molar-refractivity contribution in [2.75, 3.05) is 37.0 Å². The molecule has 1 atom stereocenters. The minimum Gasteiger partial charge on any atom is -0.378 e. The van der Waals surface area contributed by atoms with E-state index in [1.54, 1.807) is 0 Å². The quantitative estimate of drug-likeness (QED) is 0.614. The fourth-order valence-corrected chi connectivity index (χ4v) is 4.38. The lowest BCUT2D eigenvalue weighted by Gasteiger charge is -2.27. The molecule has 0 bridgehead atoms. The molecule has 1 saturated heterocycles. The van der Waals surface area contributed by atoms with Gasteiger partial charge >= 0.3 is 0 Å². The summed E-state index contributed by atoms with van der Waals surface area (Å²) in [6, 6.07) is 8.50. The molecule has 1 aliphatic rings. The Bertz CT molecular complexity index is 815. The van der Waals surface area contributed by atoms with Gasteiger partial charge in [-0.1, -0.05) is 49.9 Å². The van der Waals surface area contributed by atoms with Crippen LogP contribution in [0.25, 0.3) is 0 Å². The van der Waals surface area contributed by atoms with E-state index in [1.165, 1.54) is 17.3 Å². The van der Waals surface area contributed by atoms with E-state index in [9.17, 15) is 4.79 Å². The van der Waals surface area contributed by atoms with Crippen LogP contribution in [0.2, 0.25) is 0 Å². The number of aromatic nitrogens is 3. The Kier molecular flexibility index (Phi) is 8.16. The predicted octanol–water partition coefficient (Wildman–Crippen LogP) is 3.30. The summed E-state index contributed by atoms with van der Waals surface area (Å²) in [5.74, 6) is 1.81. The molecule has 0 saturated carbocycles. The Morgan fingerprint density at radius 2 is 1.87 bits per heavy atom. The number of carbonyl (C=O) groups excluding carboxylic acids is 1. The number of anilines is 1. The van der Waals surface area contributed by atoms with Crippen molar-refractivity contribution in [3.8, 4) is 0 Å². The van der Waals surface area contributed by atoms with E-state index in [-0.39, 0.29) is 11.9 Å². The fourth-order valence-electron chi connectivity index (χ4n) is 3.57. The van der Waals surface area contributed by atoms with Gasteiger partial charge in [-0.05, 0) is 37.3 Å². The lowest BCUT2D eigenvalue weighted by atomic mass is 10.00. The summed E-state index contributed by atoms with van der Waals surface area (Å²) in [5, 5.41) is 12.5. The van der Waals surface area contributed by atoms with Crippen molar-refractivity contribution in [1.29, 1.82) is 0 Å². The van der Waals surface area contributed by atoms with Crippen LogP contribution in [0.4, 0.5) is 5.95 Å². The van der Waals surface area contributed by atoms with Crippen molar-refractivity contribution >= 4 is 23.6 Å². The van der Waals surface area contributed by atoms with Crippen LogP contribution < -0.4 is 10.2 Å². The highest BCUT2D eigenvalue weighted by molar-refractivity contribution is 7.99. The molecule has 1 aliphatic heterocycles. The van der Waals surface area contributed by atoms with Crippen LogP contribution >= 0.6 is 11.8 Å². The van der Waals surface area contributed by atoms with Crippen molar-refractivity contribution in [3.63, 3.8) is 0 Å². The summed E-state index contributed by atoms with van der Waals surface area (Å²) >= 11 is 1.43. The third-order valence-corrected chi connectivity index (χ3v) is 6.11. The van der Waals surface area contributed by atoms with Gasteiger partial charge in [0.2, 0.25) is 11.9 Å². The molecule has 0 spiro atoms. The fraction of sp³-hybridized carbons (Fsp3) is 0.591. The van der Waals surface area contributed by atoms with Crippen LogP contribution in [-0.2, 0) is 22.5 Å². The van der Waals surface area contributed by atoms with Crippen LogP contribution in [-0.4, -0.2) is 52.7 Å². The maximum atomic E-state index is 12.5. The first-order valence-electron chi connectivity index (χ1n) is 10.7. The highest BCUT2D eigenvalue weighted by Crippen LogP contribution is 2.23. The average molecular weight is 432 g/mol. The molecule has 0 aliphatic carbocycles. The largest absolute Gasteiger partial charge is 0.378 e. The molecule has 2 heterocycles. The molecule has 1 N–H and O–H groups in total. The Labute approximate surface area is 183 Å². The molecule has 2 aromatic rings. The van der Waals surface area contributed by atoms with E-state index in [1.807, 2.05) is 6.92 Å². The van der Waals surface area contributed by atoms with Gasteiger partial charge in [0.05, 0.1) is 25.0 Å². The molecule has 7 nitrogen and oxygen atoms in total. The molecule has 0 radical (unpaired) electrons. The van der Waals surface area contributed by atoms with Crippen LogP contribution in [0.5, 0.6) is 0 Å². The SMILES string of the molecule is CCn1c(SCC(=O)N[C@H](C)c2ccc(CC(C)C)cc2)nnc1N1CCOCC1. The minimum atomic E-state index is -0.0286. The maximum absolute atomic E-state index is 12.5. The van der Waals surface area contributed by atoms with Gasteiger partial charge < -0.3 is 15.0 Å². The molecule has 1 aromatic carbocycles. The van der Waals surface area contributed by atoms with Gasteiger partial charge in [0.25, 0.3) is 0 Å². The van der Waals surface area contributed by atoms with Crippen LogP contribution in [0, 0.1) is 5.92 Å². The van der Waals surface area contributed by atoms with Gasteiger partial charge in [0.15, 0.2) is 5.16 Å². The summed E-state index contributed by atoms with van der Waals surface area (Å²) in [5.41, 5.74) is 2.45. The number of rotatable bonds is 9. The number of thioether (sulfide) groups is 1. The van der Waals surface area contributed by atoms with Gasteiger partial charge in [-0.3, -0.25) is 9.36 Å². The Morgan fingerprint density at radius 3 is 2.50 bits per heavy atom. The maximum Gasteiger partial charge on any atom is 0.230 e. The number of carbonyl (C=O) groups is 1. The Hall–Kier alpha value is -2.06. The van der Waals surface area contributed by atoms with E-state index in [0.717, 1.165) is 42.7 Å². The lowest BCUT2D eigenvalue weighted by molar-refractivity contribution is -0.119. The van der Waals surface area contributed by atoms with Crippen LogP contribution in [0.1, 0.15) is 44.9 Å². The summed E-state index contributed by atoms with van der Waals surface area (Å²) in [6.07, 6.45) is 1.07. The summed E-state index contributed by atoms with van der Waals surface area (Å²) in [4.78, 5) is 14.7. The van der Waals surface area contributed by atoms with E-state index < -0.39 is 0 Å². The first-order chi connectivity index (χ1) is 14.5. The normalized spacial score (nSPS) is 15.4. The number of ether oxygens (including phenoxy) is 1. The third-order valence-electron chi connectivity index (χ3n) is 5.14. The highest BCUT2D eigenvalue weighted by Gasteiger charge is 2.20. The smallest absolute Gasteiger partial charge is 0.230 e. The second-order valence-electron chi connectivity index (χ2n) is 8.04. The number of morpholine rings is 1.